The largest absolute Gasteiger partial charge is 0.480 e. The highest BCUT2D eigenvalue weighted by molar-refractivity contribution is 5.93. The number of piperazine rings is 1. The molecule has 10 nitrogen and oxygen atoms in total. The fraction of sp³-hybridized carbons (Fsp3) is 0.522. The lowest BCUT2D eigenvalue weighted by Gasteiger charge is -2.30. The van der Waals surface area contributed by atoms with Crippen molar-refractivity contribution in [2.75, 3.05) is 37.6 Å². The molecule has 1 saturated heterocycles. The Kier molecular flexibility index (Phi) is 8.59. The van der Waals surface area contributed by atoms with Crippen LogP contribution in [0, 0.1) is 5.82 Å². The third kappa shape index (κ3) is 6.10. The van der Waals surface area contributed by atoms with Crippen LogP contribution in [0.2, 0.25) is 0 Å². The van der Waals surface area contributed by atoms with Crippen molar-refractivity contribution in [1.29, 1.82) is 0 Å². The average Bonchev–Trinajstić information content (AvgIpc) is 3.65. The molecule has 1 atom stereocenters. The minimum atomic E-state index is -1.28. The van der Waals surface area contributed by atoms with Gasteiger partial charge in [-0.3, -0.25) is 9.59 Å². The first-order chi connectivity index (χ1) is 16.2. The topological polar surface area (TPSA) is 164 Å². The zero-order chi connectivity index (χ0) is 24.8. The summed E-state index contributed by atoms with van der Waals surface area (Å²) in [6.45, 7) is 3.56. The smallest absolute Gasteiger partial charge is 0.341 e. The van der Waals surface area contributed by atoms with Gasteiger partial charge < -0.3 is 36.5 Å². The molecule has 1 unspecified atom stereocenters. The predicted molar refractivity (Wildman–Crippen MR) is 127 cm³/mol. The second kappa shape index (κ2) is 11.4. The Balaban J connectivity index is 0.000000277. The summed E-state index contributed by atoms with van der Waals surface area (Å²) in [7, 11) is 0. The fourth-order valence-electron chi connectivity index (χ4n) is 3.95. The molecule has 1 aliphatic carbocycles. The van der Waals surface area contributed by atoms with Crippen molar-refractivity contribution in [3.05, 3.63) is 39.9 Å². The van der Waals surface area contributed by atoms with E-state index in [2.05, 4.69) is 5.32 Å². The van der Waals surface area contributed by atoms with Crippen molar-refractivity contribution in [1.82, 2.24) is 9.88 Å². The first kappa shape index (κ1) is 25.6. The lowest BCUT2D eigenvalue weighted by molar-refractivity contribution is -0.138. The molecular formula is C23H32FN5O5. The van der Waals surface area contributed by atoms with Gasteiger partial charge in [0.05, 0.1) is 11.2 Å². The van der Waals surface area contributed by atoms with E-state index < -0.39 is 29.2 Å². The number of nitrogens with two attached hydrogens (primary N) is 2. The highest BCUT2D eigenvalue weighted by Gasteiger charge is 2.28. The van der Waals surface area contributed by atoms with E-state index in [1.807, 2.05) is 9.47 Å². The van der Waals surface area contributed by atoms with Crippen molar-refractivity contribution < 1.29 is 24.2 Å². The van der Waals surface area contributed by atoms with Gasteiger partial charge in [0.15, 0.2) is 0 Å². The van der Waals surface area contributed by atoms with E-state index in [9.17, 15) is 23.9 Å². The number of carbonyl (C=O) groups is 2. The maximum absolute atomic E-state index is 14.6. The number of hydrogen-bond acceptors (Lipinski definition) is 7. The quantitative estimate of drug-likeness (QED) is 0.350. The van der Waals surface area contributed by atoms with Crippen molar-refractivity contribution in [3.63, 3.8) is 0 Å². The first-order valence-corrected chi connectivity index (χ1v) is 11.5. The van der Waals surface area contributed by atoms with Crippen LogP contribution in [0.4, 0.5) is 10.1 Å². The maximum Gasteiger partial charge on any atom is 0.341 e. The van der Waals surface area contributed by atoms with E-state index in [1.54, 1.807) is 6.07 Å². The molecule has 34 heavy (non-hydrogen) atoms. The maximum atomic E-state index is 14.6. The molecule has 2 aromatic rings. The van der Waals surface area contributed by atoms with Gasteiger partial charge in [0.1, 0.15) is 17.4 Å². The molecule has 1 aliphatic heterocycles. The summed E-state index contributed by atoms with van der Waals surface area (Å²) in [5.74, 6) is -2.69. The second-order valence-corrected chi connectivity index (χ2v) is 8.60. The van der Waals surface area contributed by atoms with E-state index in [-0.39, 0.29) is 17.0 Å². The van der Waals surface area contributed by atoms with Gasteiger partial charge in [-0.2, -0.15) is 0 Å². The molecule has 1 aromatic heterocycles. The van der Waals surface area contributed by atoms with E-state index in [1.165, 1.54) is 12.3 Å². The summed E-state index contributed by atoms with van der Waals surface area (Å²) in [5.41, 5.74) is 10.6. The minimum absolute atomic E-state index is 0.137. The summed E-state index contributed by atoms with van der Waals surface area (Å²) in [5, 5.41) is 20.9. The number of halogens is 1. The number of aliphatic carboxylic acids is 1. The molecule has 0 amide bonds. The number of carboxylic acids is 2. The lowest BCUT2D eigenvalue weighted by atomic mass is 10.1. The van der Waals surface area contributed by atoms with Crippen LogP contribution in [0.5, 0.6) is 0 Å². The number of pyridine rings is 1. The summed E-state index contributed by atoms with van der Waals surface area (Å²) in [6.07, 6.45) is 5.45. The molecule has 4 rings (SSSR count). The Labute approximate surface area is 196 Å². The number of fused-ring (bicyclic) bond motifs is 1. The van der Waals surface area contributed by atoms with Gasteiger partial charge in [-0.15, -0.1) is 0 Å². The number of aromatic nitrogens is 1. The van der Waals surface area contributed by atoms with Gasteiger partial charge in [0.25, 0.3) is 0 Å². The molecule has 7 N–H and O–H groups in total. The van der Waals surface area contributed by atoms with Crippen LogP contribution in [0.25, 0.3) is 10.9 Å². The SMILES string of the molecule is NCCCCC(N)C(=O)O.O=C(O)c1cn(C2CC2)c2cc(N3CCNCC3)c(F)cc2c1=O. The van der Waals surface area contributed by atoms with Gasteiger partial charge >= 0.3 is 11.9 Å². The minimum Gasteiger partial charge on any atom is -0.480 e. The molecular weight excluding hydrogens is 445 g/mol. The highest BCUT2D eigenvalue weighted by atomic mass is 19.1. The zero-order valence-corrected chi connectivity index (χ0v) is 19.0. The van der Waals surface area contributed by atoms with Gasteiger partial charge in [-0.25, -0.2) is 9.18 Å². The van der Waals surface area contributed by atoms with Crippen molar-refractivity contribution in [2.45, 2.75) is 44.2 Å². The zero-order valence-electron chi connectivity index (χ0n) is 19.0. The third-order valence-corrected chi connectivity index (χ3v) is 6.02. The van der Waals surface area contributed by atoms with Gasteiger partial charge in [0, 0.05) is 43.8 Å². The van der Waals surface area contributed by atoms with Crippen LogP contribution in [0.3, 0.4) is 0 Å². The lowest BCUT2D eigenvalue weighted by Crippen LogP contribution is -2.43. The summed E-state index contributed by atoms with van der Waals surface area (Å²) < 4.78 is 16.4. The number of hydrogen-bond donors (Lipinski definition) is 5. The van der Waals surface area contributed by atoms with Crippen LogP contribution in [0.15, 0.2) is 23.1 Å². The number of nitrogens with zero attached hydrogens (tertiary/aromatic N) is 2. The monoisotopic (exact) mass is 477 g/mol. The summed E-state index contributed by atoms with van der Waals surface area (Å²) in [6, 6.07) is 2.36. The number of aromatic carboxylic acids is 1. The van der Waals surface area contributed by atoms with Gasteiger partial charge in [0.2, 0.25) is 5.43 Å². The number of anilines is 1. The molecule has 0 spiro atoms. The molecule has 2 aliphatic rings. The van der Waals surface area contributed by atoms with Crippen molar-refractivity contribution in [3.8, 4) is 0 Å². The molecule has 1 aromatic carbocycles. The van der Waals surface area contributed by atoms with Crippen LogP contribution < -0.4 is 27.1 Å². The highest BCUT2D eigenvalue weighted by Crippen LogP contribution is 2.38. The Morgan fingerprint density at radius 3 is 2.41 bits per heavy atom. The standard InChI is InChI=1S/C17H18FN3O3.C6H14N2O2/c18-13-7-11-14(8-15(13)20-5-3-19-4-6-20)21(10-1-2-10)9-12(16(11)22)17(23)24;7-4-2-1-3-5(8)6(9)10/h7-10,19H,1-6H2,(H,23,24);5H,1-4,7-8H2,(H,9,10). The van der Waals surface area contributed by atoms with Crippen molar-refractivity contribution >= 4 is 28.5 Å². The molecule has 1 saturated carbocycles. The number of rotatable bonds is 8. The third-order valence-electron chi connectivity index (χ3n) is 6.02. The van der Waals surface area contributed by atoms with E-state index in [0.717, 1.165) is 38.8 Å². The summed E-state index contributed by atoms with van der Waals surface area (Å²) >= 11 is 0. The van der Waals surface area contributed by atoms with E-state index in [0.29, 0.717) is 37.3 Å². The van der Waals surface area contributed by atoms with E-state index in [4.69, 9.17) is 16.6 Å². The van der Waals surface area contributed by atoms with Crippen LogP contribution >= 0.6 is 0 Å². The normalized spacial score (nSPS) is 16.6. The van der Waals surface area contributed by atoms with E-state index >= 15 is 0 Å². The Morgan fingerprint density at radius 2 is 1.85 bits per heavy atom. The molecule has 0 radical (unpaired) electrons. The summed E-state index contributed by atoms with van der Waals surface area (Å²) in [4.78, 5) is 35.9. The van der Waals surface area contributed by atoms with Gasteiger partial charge in [-0.1, -0.05) is 6.42 Å². The predicted octanol–water partition coefficient (Wildman–Crippen LogP) is 1.11. The van der Waals surface area contributed by atoms with Gasteiger partial charge in [-0.05, 0) is 44.4 Å². The van der Waals surface area contributed by atoms with Crippen molar-refractivity contribution in [2.24, 2.45) is 11.5 Å². The van der Waals surface area contributed by atoms with Crippen LogP contribution in [-0.4, -0.2) is 65.5 Å². The van der Waals surface area contributed by atoms with Crippen LogP contribution in [0.1, 0.15) is 48.5 Å². The molecule has 0 bridgehead atoms. The Bertz CT molecular complexity index is 1100. The van der Waals surface area contributed by atoms with Crippen LogP contribution in [-0.2, 0) is 4.79 Å². The number of nitrogens with one attached hydrogen (secondary N) is 1. The molecule has 2 fully saturated rings. The molecule has 186 valence electrons. The number of unbranched alkanes of at least 4 members (excludes halogenated alkanes) is 1. The molecule has 11 heteroatoms. The Morgan fingerprint density at radius 1 is 1.18 bits per heavy atom. The number of benzene rings is 1. The fourth-order valence-corrected chi connectivity index (χ4v) is 3.95. The molecule has 2 heterocycles. The average molecular weight is 478 g/mol. The number of carboxylic acid groups (broad SMARTS) is 2. The Hall–Kier alpha value is -3.02. The first-order valence-electron chi connectivity index (χ1n) is 11.5. The second-order valence-electron chi connectivity index (χ2n) is 8.60.